The predicted molar refractivity (Wildman–Crippen MR) is 137 cm³/mol. The van der Waals surface area contributed by atoms with Gasteiger partial charge in [-0.3, -0.25) is 9.59 Å². The molecule has 3 aliphatic rings. The Bertz CT molecular complexity index is 1070. The normalized spacial score (nSPS) is 21.1. The summed E-state index contributed by atoms with van der Waals surface area (Å²) >= 11 is 6.39. The predicted octanol–water partition coefficient (Wildman–Crippen LogP) is 4.73. The summed E-state index contributed by atoms with van der Waals surface area (Å²) in [4.78, 5) is 32.9. The van der Waals surface area contributed by atoms with Gasteiger partial charge < -0.3 is 20.0 Å². The van der Waals surface area contributed by atoms with E-state index in [1.165, 1.54) is 0 Å². The van der Waals surface area contributed by atoms with Gasteiger partial charge in [-0.15, -0.1) is 0 Å². The minimum absolute atomic E-state index is 0.0395. The molecule has 2 aliphatic heterocycles. The lowest BCUT2D eigenvalue weighted by molar-refractivity contribution is -0.117. The third-order valence-corrected chi connectivity index (χ3v) is 7.40. The van der Waals surface area contributed by atoms with Crippen molar-refractivity contribution in [2.24, 2.45) is 5.92 Å². The standard InChI is InChI=1S/C27H33ClN4O2/c1-18-13-20(15-21(28)14-18)25-17-30(2)11-12-32(25)27(34)23-8-7-22(29-26(33)19-5-6-19)16-24(23)31-9-3-4-10-31/h7-8,13-16,19,25H,3-6,9-12,17H2,1-2H3,(H,29,33)/t25-/m1/s1. The SMILES string of the molecule is Cc1cc(Cl)cc([C@H]2CN(C)CCN2C(=O)c2ccc(NC(=O)C3CC3)cc2N2CCCC2)c1. The molecule has 2 amide bonds. The number of halogens is 1. The Morgan fingerprint density at radius 1 is 1.00 bits per heavy atom. The van der Waals surface area contributed by atoms with Gasteiger partial charge in [-0.25, -0.2) is 0 Å². The lowest BCUT2D eigenvalue weighted by Crippen LogP contribution is -2.49. The summed E-state index contributed by atoms with van der Waals surface area (Å²) in [5.41, 5.74) is 4.57. The van der Waals surface area contributed by atoms with Gasteiger partial charge in [-0.05, 0) is 81.1 Å². The summed E-state index contributed by atoms with van der Waals surface area (Å²) in [5.74, 6) is 0.267. The van der Waals surface area contributed by atoms with Crippen molar-refractivity contribution < 1.29 is 9.59 Å². The number of carbonyl (C=O) groups is 2. The molecule has 2 saturated heterocycles. The first-order chi connectivity index (χ1) is 16.4. The van der Waals surface area contributed by atoms with E-state index in [4.69, 9.17) is 11.6 Å². The van der Waals surface area contributed by atoms with Crippen molar-refractivity contribution in [3.05, 3.63) is 58.1 Å². The molecule has 5 rings (SSSR count). The van der Waals surface area contributed by atoms with E-state index < -0.39 is 0 Å². The second-order valence-electron chi connectivity index (χ2n) is 10.0. The highest BCUT2D eigenvalue weighted by atomic mass is 35.5. The number of nitrogens with one attached hydrogen (secondary N) is 1. The Balaban J connectivity index is 1.48. The number of anilines is 2. The van der Waals surface area contributed by atoms with E-state index in [0.29, 0.717) is 17.1 Å². The van der Waals surface area contributed by atoms with Crippen LogP contribution >= 0.6 is 11.6 Å². The molecular weight excluding hydrogens is 448 g/mol. The summed E-state index contributed by atoms with van der Waals surface area (Å²) in [6.45, 7) is 6.15. The third kappa shape index (κ3) is 4.93. The zero-order valence-corrected chi connectivity index (χ0v) is 20.8. The van der Waals surface area contributed by atoms with E-state index in [1.54, 1.807) is 0 Å². The third-order valence-electron chi connectivity index (χ3n) is 7.18. The van der Waals surface area contributed by atoms with Crippen molar-refractivity contribution in [1.29, 1.82) is 0 Å². The second kappa shape index (κ2) is 9.59. The summed E-state index contributed by atoms with van der Waals surface area (Å²) in [5, 5.41) is 3.75. The molecule has 2 heterocycles. The molecular formula is C27H33ClN4O2. The van der Waals surface area contributed by atoms with Crippen LogP contribution in [0.4, 0.5) is 11.4 Å². The summed E-state index contributed by atoms with van der Waals surface area (Å²) in [6.07, 6.45) is 4.17. The molecule has 2 aromatic carbocycles. The number of nitrogens with zero attached hydrogens (tertiary/aromatic N) is 3. The van der Waals surface area contributed by atoms with Gasteiger partial charge in [-0.1, -0.05) is 17.7 Å². The number of hydrogen-bond acceptors (Lipinski definition) is 4. The monoisotopic (exact) mass is 480 g/mol. The van der Waals surface area contributed by atoms with Gasteiger partial charge in [0, 0.05) is 49.4 Å². The fraction of sp³-hybridized carbons (Fsp3) is 0.481. The van der Waals surface area contributed by atoms with E-state index in [9.17, 15) is 9.59 Å². The van der Waals surface area contributed by atoms with Crippen LogP contribution in [0.1, 0.15) is 53.2 Å². The molecule has 3 fully saturated rings. The maximum Gasteiger partial charge on any atom is 0.256 e. The summed E-state index contributed by atoms with van der Waals surface area (Å²) < 4.78 is 0. The molecule has 0 spiro atoms. The molecule has 34 heavy (non-hydrogen) atoms. The first-order valence-corrected chi connectivity index (χ1v) is 12.7. The smallest absolute Gasteiger partial charge is 0.256 e. The van der Waals surface area contributed by atoms with Crippen molar-refractivity contribution in [1.82, 2.24) is 9.80 Å². The van der Waals surface area contributed by atoms with Gasteiger partial charge in [0.1, 0.15) is 0 Å². The van der Waals surface area contributed by atoms with Gasteiger partial charge in [0.2, 0.25) is 5.91 Å². The zero-order valence-electron chi connectivity index (χ0n) is 20.0. The summed E-state index contributed by atoms with van der Waals surface area (Å²) in [6, 6.07) is 11.8. The highest BCUT2D eigenvalue weighted by Gasteiger charge is 2.34. The van der Waals surface area contributed by atoms with Crippen LogP contribution in [0, 0.1) is 12.8 Å². The van der Waals surface area contributed by atoms with E-state index in [-0.39, 0.29) is 23.8 Å². The second-order valence-corrected chi connectivity index (χ2v) is 10.5. The van der Waals surface area contributed by atoms with Gasteiger partial charge in [0.05, 0.1) is 17.3 Å². The van der Waals surface area contributed by atoms with Crippen LogP contribution in [-0.2, 0) is 4.79 Å². The molecule has 1 aliphatic carbocycles. The van der Waals surface area contributed by atoms with Crippen molar-refractivity contribution in [2.75, 3.05) is 50.0 Å². The maximum atomic E-state index is 14.0. The topological polar surface area (TPSA) is 55.9 Å². The maximum absolute atomic E-state index is 14.0. The Labute approximate surface area is 206 Å². The van der Waals surface area contributed by atoms with E-state index in [2.05, 4.69) is 28.2 Å². The minimum Gasteiger partial charge on any atom is -0.371 e. The molecule has 0 radical (unpaired) electrons. The van der Waals surface area contributed by atoms with Crippen molar-refractivity contribution >= 4 is 34.8 Å². The average Bonchev–Trinajstić information content (AvgIpc) is 3.52. The number of amides is 2. The van der Waals surface area contributed by atoms with Gasteiger partial charge in [-0.2, -0.15) is 0 Å². The Kier molecular flexibility index (Phi) is 6.54. The average molecular weight is 481 g/mol. The molecule has 0 aromatic heterocycles. The van der Waals surface area contributed by atoms with Crippen molar-refractivity contribution in [3.63, 3.8) is 0 Å². The minimum atomic E-state index is -0.0654. The number of likely N-dealkylation sites (N-methyl/N-ethyl adjacent to an activating group) is 1. The van der Waals surface area contributed by atoms with Crippen molar-refractivity contribution in [3.8, 4) is 0 Å². The molecule has 7 heteroatoms. The number of benzene rings is 2. The molecule has 0 unspecified atom stereocenters. The first-order valence-electron chi connectivity index (χ1n) is 12.4. The number of hydrogen-bond donors (Lipinski definition) is 1. The Morgan fingerprint density at radius 2 is 1.76 bits per heavy atom. The Hall–Kier alpha value is -2.57. The van der Waals surface area contributed by atoms with Crippen LogP contribution in [0.15, 0.2) is 36.4 Å². The number of aryl methyl sites for hydroxylation is 1. The molecule has 180 valence electrons. The van der Waals surface area contributed by atoms with E-state index in [1.807, 2.05) is 42.2 Å². The van der Waals surface area contributed by atoms with Crippen LogP contribution in [0.2, 0.25) is 5.02 Å². The first kappa shape index (κ1) is 23.2. The highest BCUT2D eigenvalue weighted by Crippen LogP contribution is 2.35. The molecule has 1 saturated carbocycles. The molecule has 1 atom stereocenters. The van der Waals surface area contributed by atoms with Crippen LogP contribution in [0.5, 0.6) is 0 Å². The van der Waals surface area contributed by atoms with Crippen LogP contribution < -0.4 is 10.2 Å². The molecule has 2 aromatic rings. The van der Waals surface area contributed by atoms with Crippen LogP contribution in [-0.4, -0.2) is 61.4 Å². The molecule has 6 nitrogen and oxygen atoms in total. The van der Waals surface area contributed by atoms with Gasteiger partial charge in [0.25, 0.3) is 5.91 Å². The summed E-state index contributed by atoms with van der Waals surface area (Å²) in [7, 11) is 2.10. The molecule has 1 N–H and O–H groups in total. The fourth-order valence-corrected chi connectivity index (χ4v) is 5.46. The largest absolute Gasteiger partial charge is 0.371 e. The molecule has 0 bridgehead atoms. The van der Waals surface area contributed by atoms with Gasteiger partial charge in [0.15, 0.2) is 0 Å². The Morgan fingerprint density at radius 3 is 2.47 bits per heavy atom. The number of piperazine rings is 1. The highest BCUT2D eigenvalue weighted by molar-refractivity contribution is 6.30. The quantitative estimate of drug-likeness (QED) is 0.672. The van der Waals surface area contributed by atoms with Crippen LogP contribution in [0.25, 0.3) is 0 Å². The lowest BCUT2D eigenvalue weighted by Gasteiger charge is -2.41. The van der Waals surface area contributed by atoms with Crippen LogP contribution in [0.3, 0.4) is 0 Å². The fourth-order valence-electron chi connectivity index (χ4n) is 5.16. The van der Waals surface area contributed by atoms with E-state index >= 15 is 0 Å². The lowest BCUT2D eigenvalue weighted by atomic mass is 9.99. The van der Waals surface area contributed by atoms with Gasteiger partial charge >= 0.3 is 0 Å². The van der Waals surface area contributed by atoms with Crippen molar-refractivity contribution in [2.45, 2.75) is 38.6 Å². The zero-order chi connectivity index (χ0) is 23.8. The number of carbonyl (C=O) groups excluding carboxylic acids is 2. The number of rotatable bonds is 5. The van der Waals surface area contributed by atoms with E-state index in [0.717, 1.165) is 74.4 Å².